The molecule has 8 nitrogen and oxygen atoms in total. The van der Waals surface area contributed by atoms with Gasteiger partial charge in [0.05, 0.1) is 29.6 Å². The van der Waals surface area contributed by atoms with Crippen molar-refractivity contribution in [3.63, 3.8) is 0 Å². The highest BCUT2D eigenvalue weighted by Gasteiger charge is 2.72. The summed E-state index contributed by atoms with van der Waals surface area (Å²) in [5.41, 5.74) is 5.81. The Morgan fingerprint density at radius 2 is 1.97 bits per heavy atom. The molecule has 7 rings (SSSR count). The highest BCUT2D eigenvalue weighted by atomic mass is 35.5. The molecule has 1 aromatic carbocycles. The van der Waals surface area contributed by atoms with Crippen molar-refractivity contribution in [2.24, 2.45) is 17.3 Å². The van der Waals surface area contributed by atoms with E-state index in [1.165, 1.54) is 16.2 Å². The summed E-state index contributed by atoms with van der Waals surface area (Å²) in [6.45, 7) is 7.29. The Balaban J connectivity index is 1.29. The van der Waals surface area contributed by atoms with Gasteiger partial charge in [0.1, 0.15) is 6.33 Å². The van der Waals surface area contributed by atoms with Gasteiger partial charge >= 0.3 is 0 Å². The molecule has 3 unspecified atom stereocenters. The van der Waals surface area contributed by atoms with E-state index in [2.05, 4.69) is 21.4 Å². The first-order valence-corrected chi connectivity index (χ1v) is 13.2. The smallest absolute Gasteiger partial charge is 0.233 e. The number of benzene rings is 1. The maximum Gasteiger partial charge on any atom is 0.233 e. The third-order valence-corrected chi connectivity index (χ3v) is 8.93. The number of aryl methyl sites for hydroxylation is 1. The molecule has 2 saturated heterocycles. The molecular formula is C27H29ClN6O2. The first kappa shape index (κ1) is 22.2. The number of rotatable bonds is 4. The number of fused-ring (bicyclic) bond motifs is 3. The van der Waals surface area contributed by atoms with E-state index in [9.17, 15) is 9.59 Å². The van der Waals surface area contributed by atoms with Crippen molar-refractivity contribution >= 4 is 34.6 Å². The van der Waals surface area contributed by atoms with Gasteiger partial charge in [-0.15, -0.1) is 0 Å². The number of carbonyl (C=O) groups excluding carboxylic acids is 2. The minimum absolute atomic E-state index is 0.0544. The van der Waals surface area contributed by atoms with Crippen molar-refractivity contribution in [3.8, 4) is 11.3 Å². The molecule has 0 radical (unpaired) electrons. The Hall–Kier alpha value is -2.97. The molecule has 5 heterocycles. The molecular weight excluding hydrogens is 476 g/mol. The molecule has 36 heavy (non-hydrogen) atoms. The molecule has 186 valence electrons. The van der Waals surface area contributed by atoms with Crippen LogP contribution in [-0.4, -0.2) is 57.0 Å². The quantitative estimate of drug-likeness (QED) is 0.549. The second-order valence-corrected chi connectivity index (χ2v) is 11.7. The molecule has 0 spiro atoms. The summed E-state index contributed by atoms with van der Waals surface area (Å²) in [4.78, 5) is 34.4. The van der Waals surface area contributed by atoms with Crippen LogP contribution in [0.3, 0.4) is 0 Å². The summed E-state index contributed by atoms with van der Waals surface area (Å²) in [5.74, 6) is -0.458. The van der Waals surface area contributed by atoms with Gasteiger partial charge in [-0.25, -0.2) is 9.50 Å². The minimum atomic E-state index is -0.207. The van der Waals surface area contributed by atoms with E-state index >= 15 is 0 Å². The topological polar surface area (TPSA) is 82.8 Å². The van der Waals surface area contributed by atoms with Crippen LogP contribution in [0.1, 0.15) is 37.8 Å². The lowest BCUT2D eigenvalue weighted by molar-refractivity contribution is -0.143. The van der Waals surface area contributed by atoms with Crippen molar-refractivity contribution < 1.29 is 9.59 Å². The van der Waals surface area contributed by atoms with E-state index < -0.39 is 0 Å². The maximum atomic E-state index is 12.9. The molecule has 3 fully saturated rings. The van der Waals surface area contributed by atoms with Gasteiger partial charge in [-0.05, 0) is 60.5 Å². The average molecular weight is 505 g/mol. The summed E-state index contributed by atoms with van der Waals surface area (Å²) in [6.07, 6.45) is 6.67. The third-order valence-electron chi connectivity index (χ3n) is 8.71. The second-order valence-electron chi connectivity index (χ2n) is 11.2. The van der Waals surface area contributed by atoms with Crippen LogP contribution in [0.25, 0.3) is 16.8 Å². The molecule has 1 aliphatic carbocycles. The van der Waals surface area contributed by atoms with Gasteiger partial charge in [0.2, 0.25) is 11.8 Å². The number of hydrogen-bond acceptors (Lipinski definition) is 6. The van der Waals surface area contributed by atoms with Crippen LogP contribution in [-0.2, 0) is 22.6 Å². The van der Waals surface area contributed by atoms with E-state index in [0.29, 0.717) is 11.1 Å². The van der Waals surface area contributed by atoms with Crippen LogP contribution in [0.2, 0.25) is 5.02 Å². The number of nitrogens with one attached hydrogen (secondary N) is 1. The fraction of sp³-hybridized carbons (Fsp3) is 0.481. The number of anilines is 1. The van der Waals surface area contributed by atoms with E-state index in [1.807, 2.05) is 32.2 Å². The van der Waals surface area contributed by atoms with Gasteiger partial charge in [0.15, 0.2) is 0 Å². The Kier molecular flexibility index (Phi) is 4.80. The molecule has 1 N–H and O–H groups in total. The number of aromatic nitrogens is 3. The first-order chi connectivity index (χ1) is 17.3. The fourth-order valence-corrected chi connectivity index (χ4v) is 7.05. The lowest BCUT2D eigenvalue weighted by Gasteiger charge is -2.37. The lowest BCUT2D eigenvalue weighted by atomic mass is 9.94. The number of halogens is 1. The Bertz CT molecular complexity index is 1400. The molecule has 3 atom stereocenters. The van der Waals surface area contributed by atoms with E-state index in [-0.39, 0.29) is 35.6 Å². The van der Waals surface area contributed by atoms with Crippen molar-refractivity contribution in [2.45, 2.75) is 45.7 Å². The lowest BCUT2D eigenvalue weighted by Crippen LogP contribution is -2.40. The number of nitrogens with zero attached hydrogens (tertiary/aromatic N) is 5. The molecule has 4 aliphatic rings. The molecule has 0 bridgehead atoms. The van der Waals surface area contributed by atoms with Crippen LogP contribution in [0.15, 0.2) is 30.7 Å². The highest BCUT2D eigenvalue weighted by molar-refractivity contribution is 6.31. The molecule has 3 aliphatic heterocycles. The number of carbonyl (C=O) groups is 2. The zero-order chi connectivity index (χ0) is 24.8. The van der Waals surface area contributed by atoms with E-state index in [1.54, 1.807) is 10.8 Å². The number of hydrogen-bond donors (Lipinski definition) is 1. The zero-order valence-corrected chi connectivity index (χ0v) is 21.3. The van der Waals surface area contributed by atoms with Gasteiger partial charge < -0.3 is 10.2 Å². The predicted octanol–water partition coefficient (Wildman–Crippen LogP) is 3.31. The summed E-state index contributed by atoms with van der Waals surface area (Å²) in [5, 5.41) is 8.64. The van der Waals surface area contributed by atoms with Crippen LogP contribution in [0, 0.1) is 17.3 Å². The van der Waals surface area contributed by atoms with Crippen LogP contribution in [0.5, 0.6) is 0 Å². The SMILES string of the molecule is CC1(C)C2C(=O)N(Cc3cc4c(-c5cc(Cl)cc6c5N(C5CCNC5)CCC6)ncnn4c3)C(=O)C21. The first-order valence-electron chi connectivity index (χ1n) is 12.8. The Morgan fingerprint density at radius 3 is 2.72 bits per heavy atom. The van der Waals surface area contributed by atoms with Crippen molar-refractivity contribution in [3.05, 3.63) is 46.9 Å². The number of amides is 2. The predicted molar refractivity (Wildman–Crippen MR) is 137 cm³/mol. The van der Waals surface area contributed by atoms with Crippen LogP contribution < -0.4 is 10.2 Å². The molecule has 2 aromatic heterocycles. The molecule has 1 saturated carbocycles. The molecule has 2 amide bonds. The van der Waals surface area contributed by atoms with Gasteiger partial charge in [-0.3, -0.25) is 14.5 Å². The zero-order valence-electron chi connectivity index (χ0n) is 20.5. The fourth-order valence-electron chi connectivity index (χ4n) is 6.81. The van der Waals surface area contributed by atoms with Crippen molar-refractivity contribution in [1.29, 1.82) is 0 Å². The van der Waals surface area contributed by atoms with Gasteiger partial charge in [0, 0.05) is 41.6 Å². The highest BCUT2D eigenvalue weighted by Crippen LogP contribution is 2.63. The summed E-state index contributed by atoms with van der Waals surface area (Å²) >= 11 is 6.62. The van der Waals surface area contributed by atoms with Gasteiger partial charge in [-0.1, -0.05) is 25.4 Å². The average Bonchev–Trinajstić information content (AvgIpc) is 3.32. The third kappa shape index (κ3) is 3.16. The largest absolute Gasteiger partial charge is 0.366 e. The maximum absolute atomic E-state index is 12.9. The monoisotopic (exact) mass is 504 g/mol. The normalized spacial score (nSPS) is 26.6. The summed E-state index contributed by atoms with van der Waals surface area (Å²) in [6, 6.07) is 6.56. The van der Waals surface area contributed by atoms with Crippen LogP contribution >= 0.6 is 11.6 Å². The number of likely N-dealkylation sites (tertiary alicyclic amines) is 1. The van der Waals surface area contributed by atoms with Crippen LogP contribution in [0.4, 0.5) is 5.69 Å². The van der Waals surface area contributed by atoms with Crippen molar-refractivity contribution in [1.82, 2.24) is 24.8 Å². The van der Waals surface area contributed by atoms with Gasteiger partial charge in [-0.2, -0.15) is 5.10 Å². The Morgan fingerprint density at radius 1 is 1.17 bits per heavy atom. The minimum Gasteiger partial charge on any atom is -0.366 e. The summed E-state index contributed by atoms with van der Waals surface area (Å²) < 4.78 is 1.80. The Labute approximate surface area is 214 Å². The standard InChI is InChI=1S/C27H29ClN6O2/c1-27(2)21-22(27)26(36)33(25(21)35)12-15-8-20-23(30-14-31-34(20)13-15)19-10-17(28)9-16-4-3-7-32(24(16)19)18-5-6-29-11-18/h8-10,13-14,18,21-22,29H,3-7,11-12H2,1-2H3. The molecule has 3 aromatic rings. The molecule has 9 heteroatoms. The number of piperidine rings is 1. The van der Waals surface area contributed by atoms with Gasteiger partial charge in [0.25, 0.3) is 0 Å². The number of imide groups is 1. The van der Waals surface area contributed by atoms with Crippen molar-refractivity contribution in [2.75, 3.05) is 24.5 Å². The second kappa shape index (κ2) is 7.76. The van der Waals surface area contributed by atoms with E-state index in [0.717, 1.165) is 61.2 Å². The summed E-state index contributed by atoms with van der Waals surface area (Å²) in [7, 11) is 0. The van der Waals surface area contributed by atoms with E-state index in [4.69, 9.17) is 16.6 Å².